The van der Waals surface area contributed by atoms with Crippen LogP contribution in [-0.4, -0.2) is 6.54 Å². The topological polar surface area (TPSA) is 74.1 Å². The molecule has 0 bridgehead atoms. The van der Waals surface area contributed by atoms with Gasteiger partial charge in [-0.3, -0.25) is 5.84 Å². The van der Waals surface area contributed by atoms with Crippen molar-refractivity contribution in [3.63, 3.8) is 0 Å². The second kappa shape index (κ2) is 19.8. The Kier molecular flexibility index (Phi) is 19.6. The van der Waals surface area contributed by atoms with E-state index >= 15 is 0 Å². The van der Waals surface area contributed by atoms with Crippen LogP contribution in [0.15, 0.2) is 0 Å². The minimum atomic E-state index is 0.965. The molecule has 5 heteroatoms. The maximum absolute atomic E-state index is 5.03. The molecular formula is C16H39N5. The van der Waals surface area contributed by atoms with E-state index in [4.69, 9.17) is 5.84 Å². The highest BCUT2D eigenvalue weighted by Crippen LogP contribution is 2.12. The molecule has 21 heavy (non-hydrogen) atoms. The van der Waals surface area contributed by atoms with Crippen molar-refractivity contribution >= 4 is 0 Å². The number of rotatable bonds is 18. The molecule has 0 amide bonds. The molecule has 5 nitrogen and oxygen atoms in total. The lowest BCUT2D eigenvalue weighted by molar-refractivity contribution is 0.370. The second-order valence-corrected chi connectivity index (χ2v) is 5.92. The molecule has 6 N–H and O–H groups in total. The molecule has 0 saturated carbocycles. The summed E-state index contributed by atoms with van der Waals surface area (Å²) in [6.07, 6.45) is 19.6. The second-order valence-electron chi connectivity index (χ2n) is 5.92. The average Bonchev–Trinajstić information content (AvgIpc) is 2.50. The Morgan fingerprint density at radius 2 is 1.00 bits per heavy atom. The Bertz CT molecular complexity index is 160. The molecule has 0 aliphatic heterocycles. The van der Waals surface area contributed by atoms with Crippen molar-refractivity contribution in [3.05, 3.63) is 0 Å². The smallest absolute Gasteiger partial charge is 0.0113 e. The molecular weight excluding hydrogens is 262 g/mol. The van der Waals surface area contributed by atoms with Crippen molar-refractivity contribution in [2.75, 3.05) is 6.54 Å². The van der Waals surface area contributed by atoms with Crippen LogP contribution in [0.2, 0.25) is 0 Å². The van der Waals surface area contributed by atoms with Gasteiger partial charge in [-0.15, -0.1) is 0 Å². The Hall–Kier alpha value is -0.200. The fourth-order valence-electron chi connectivity index (χ4n) is 2.55. The highest BCUT2D eigenvalue weighted by molar-refractivity contribution is 4.49. The lowest BCUT2D eigenvalue weighted by Crippen LogP contribution is -2.53. The number of nitrogens with two attached hydrogens (primary N) is 1. The fraction of sp³-hybridized carbons (Fsp3) is 1.00. The summed E-state index contributed by atoms with van der Waals surface area (Å²) in [5.41, 5.74) is 10.6. The van der Waals surface area contributed by atoms with E-state index in [-0.39, 0.29) is 0 Å². The minimum absolute atomic E-state index is 0.965. The predicted molar refractivity (Wildman–Crippen MR) is 91.9 cm³/mol. The first-order valence-electron chi connectivity index (χ1n) is 9.10. The van der Waals surface area contributed by atoms with Gasteiger partial charge in [-0.25, -0.2) is 5.43 Å². The van der Waals surface area contributed by atoms with Crippen molar-refractivity contribution < 1.29 is 0 Å². The first-order chi connectivity index (χ1) is 10.4. The SMILES string of the molecule is CCCCCCCCCCCCCCCCNNNNN. The zero-order valence-corrected chi connectivity index (χ0v) is 14.2. The zero-order valence-electron chi connectivity index (χ0n) is 14.2. The lowest BCUT2D eigenvalue weighted by atomic mass is 10.0. The first kappa shape index (κ1) is 20.8. The van der Waals surface area contributed by atoms with Crippen LogP contribution in [0.3, 0.4) is 0 Å². The molecule has 0 aromatic heterocycles. The third-order valence-corrected chi connectivity index (χ3v) is 3.88. The van der Waals surface area contributed by atoms with Crippen LogP contribution in [-0.2, 0) is 0 Å². The van der Waals surface area contributed by atoms with Gasteiger partial charge in [-0.2, -0.15) is 16.6 Å². The van der Waals surface area contributed by atoms with Gasteiger partial charge >= 0.3 is 0 Å². The molecule has 128 valence electrons. The third kappa shape index (κ3) is 19.8. The van der Waals surface area contributed by atoms with Crippen LogP contribution >= 0.6 is 0 Å². The largest absolute Gasteiger partial charge is 0.257 e. The first-order valence-corrected chi connectivity index (χ1v) is 9.10. The van der Waals surface area contributed by atoms with Crippen LogP contribution in [0.1, 0.15) is 96.8 Å². The summed E-state index contributed by atoms with van der Waals surface area (Å²) < 4.78 is 0. The number of hydrazine groups is 4. The summed E-state index contributed by atoms with van der Waals surface area (Å²) in [4.78, 5) is 0. The van der Waals surface area contributed by atoms with Crippen molar-refractivity contribution in [1.29, 1.82) is 0 Å². The van der Waals surface area contributed by atoms with Crippen molar-refractivity contribution in [3.8, 4) is 0 Å². The summed E-state index contributed by atoms with van der Waals surface area (Å²) in [6, 6.07) is 0. The number of nitrogens with one attached hydrogen (secondary N) is 4. The van der Waals surface area contributed by atoms with Crippen LogP contribution in [0.25, 0.3) is 0 Å². The standard InChI is InChI=1S/C16H39N5/c1-2-3-4-5-6-7-8-9-10-11-12-13-14-15-16-18-20-21-19-17/h18-21H,2-17H2,1H3. The van der Waals surface area contributed by atoms with Crippen LogP contribution in [0.5, 0.6) is 0 Å². The maximum Gasteiger partial charge on any atom is 0.0113 e. The molecule has 0 rings (SSSR count). The molecule has 0 heterocycles. The Labute approximate surface area is 132 Å². The molecule has 0 atom stereocenters. The van der Waals surface area contributed by atoms with Crippen LogP contribution in [0.4, 0.5) is 0 Å². The summed E-state index contributed by atoms with van der Waals surface area (Å²) in [5, 5.41) is 0. The summed E-state index contributed by atoms with van der Waals surface area (Å²) >= 11 is 0. The summed E-state index contributed by atoms with van der Waals surface area (Å²) in [5.74, 6) is 5.03. The van der Waals surface area contributed by atoms with E-state index in [1.165, 1.54) is 89.9 Å². The van der Waals surface area contributed by atoms with Crippen LogP contribution < -0.4 is 27.9 Å². The van der Waals surface area contributed by atoms with Gasteiger partial charge in [0.15, 0.2) is 0 Å². The highest BCUT2D eigenvalue weighted by Gasteiger charge is 1.94. The zero-order chi connectivity index (χ0) is 15.4. The summed E-state index contributed by atoms with van der Waals surface area (Å²) in [6.45, 7) is 3.25. The molecule has 0 aliphatic carbocycles. The van der Waals surface area contributed by atoms with Crippen LogP contribution in [0, 0.1) is 0 Å². The third-order valence-electron chi connectivity index (χ3n) is 3.88. The van der Waals surface area contributed by atoms with Gasteiger partial charge in [0.1, 0.15) is 0 Å². The van der Waals surface area contributed by atoms with Crippen molar-refractivity contribution in [1.82, 2.24) is 22.0 Å². The normalized spacial score (nSPS) is 11.1. The quantitative estimate of drug-likeness (QED) is 0.152. The molecule has 0 fully saturated rings. The number of unbranched alkanes of at least 4 members (excludes halogenated alkanes) is 13. The molecule has 0 unspecified atom stereocenters. The van der Waals surface area contributed by atoms with E-state index < -0.39 is 0 Å². The Balaban J connectivity index is 2.90. The highest BCUT2D eigenvalue weighted by atomic mass is 15.8. The van der Waals surface area contributed by atoms with Gasteiger partial charge in [0.25, 0.3) is 0 Å². The maximum atomic E-state index is 5.03. The molecule has 0 radical (unpaired) electrons. The number of hydrogen-bond acceptors (Lipinski definition) is 5. The Morgan fingerprint density at radius 1 is 0.571 bits per heavy atom. The van der Waals surface area contributed by atoms with Gasteiger partial charge in [-0.05, 0) is 6.42 Å². The fourth-order valence-corrected chi connectivity index (χ4v) is 2.55. The predicted octanol–water partition coefficient (Wildman–Crippen LogP) is 3.44. The summed E-state index contributed by atoms with van der Waals surface area (Å²) in [7, 11) is 0. The van der Waals surface area contributed by atoms with E-state index in [2.05, 4.69) is 29.0 Å². The molecule has 0 aromatic carbocycles. The van der Waals surface area contributed by atoms with E-state index in [1.54, 1.807) is 0 Å². The van der Waals surface area contributed by atoms with E-state index in [0.29, 0.717) is 0 Å². The average molecular weight is 302 g/mol. The van der Waals surface area contributed by atoms with E-state index in [9.17, 15) is 0 Å². The molecule has 0 saturated heterocycles. The number of hydrogen-bond donors (Lipinski definition) is 5. The van der Waals surface area contributed by atoms with Gasteiger partial charge in [-0.1, -0.05) is 90.4 Å². The Morgan fingerprint density at radius 3 is 1.43 bits per heavy atom. The van der Waals surface area contributed by atoms with Gasteiger partial charge in [0, 0.05) is 6.54 Å². The van der Waals surface area contributed by atoms with E-state index in [1.807, 2.05) is 0 Å². The lowest BCUT2D eigenvalue weighted by Gasteiger charge is -2.06. The minimum Gasteiger partial charge on any atom is -0.257 e. The van der Waals surface area contributed by atoms with Gasteiger partial charge in [0.2, 0.25) is 0 Å². The molecule has 0 aliphatic rings. The monoisotopic (exact) mass is 301 g/mol. The van der Waals surface area contributed by atoms with Crippen molar-refractivity contribution in [2.45, 2.75) is 96.8 Å². The molecule has 0 aromatic rings. The van der Waals surface area contributed by atoms with Gasteiger partial charge in [0.05, 0.1) is 0 Å². The van der Waals surface area contributed by atoms with E-state index in [0.717, 1.165) is 6.54 Å². The molecule has 0 spiro atoms. The van der Waals surface area contributed by atoms with Crippen molar-refractivity contribution in [2.24, 2.45) is 5.84 Å². The van der Waals surface area contributed by atoms with Gasteiger partial charge < -0.3 is 0 Å².